The molecule has 0 amide bonds. The molecule has 1 aromatic heterocycles. The molecular formula is C12H24N2O2S. The van der Waals surface area contributed by atoms with Gasteiger partial charge in [0, 0.05) is 22.1 Å². The molecule has 0 spiro atoms. The van der Waals surface area contributed by atoms with Gasteiger partial charge in [-0.15, -0.1) is 0 Å². The Morgan fingerprint density at radius 1 is 1.18 bits per heavy atom. The molecule has 0 saturated carbocycles. The van der Waals surface area contributed by atoms with Crippen molar-refractivity contribution in [2.45, 2.75) is 32.9 Å². The first-order valence-electron chi connectivity index (χ1n) is 4.77. The fourth-order valence-corrected chi connectivity index (χ4v) is 0.313. The van der Waals surface area contributed by atoms with E-state index in [2.05, 4.69) is 32.0 Å². The highest BCUT2D eigenvalue weighted by atomic mass is 32.2. The predicted molar refractivity (Wildman–Crippen MR) is 77.2 cm³/mol. The highest BCUT2D eigenvalue weighted by Gasteiger charge is 2.04. The highest BCUT2D eigenvalue weighted by Crippen LogP contribution is 2.18. The molecule has 0 aliphatic rings. The topological polar surface area (TPSA) is 56.0 Å². The molecule has 0 fully saturated rings. The number of rotatable bonds is 0. The van der Waals surface area contributed by atoms with Crippen molar-refractivity contribution in [2.75, 3.05) is 13.3 Å². The largest absolute Gasteiger partial charge is 0.265 e. The molecule has 0 aromatic carbocycles. The Kier molecular flexibility index (Phi) is 16.2. The van der Waals surface area contributed by atoms with Crippen LogP contribution in [0.1, 0.15) is 28.2 Å². The summed E-state index contributed by atoms with van der Waals surface area (Å²) in [6, 6.07) is 5.72. The Balaban J connectivity index is -0.000000172. The molecule has 0 saturated heterocycles. The average molecular weight is 260 g/mol. The molecular weight excluding hydrogens is 236 g/mol. The Morgan fingerprint density at radius 2 is 1.47 bits per heavy atom. The molecule has 1 heterocycles. The third kappa shape index (κ3) is 39.7. The zero-order chi connectivity index (χ0) is 13.0. The lowest BCUT2D eigenvalue weighted by atomic mass is 10.3. The van der Waals surface area contributed by atoms with Crippen molar-refractivity contribution >= 4 is 11.8 Å². The lowest BCUT2D eigenvalue weighted by molar-refractivity contribution is -0.445. The van der Waals surface area contributed by atoms with E-state index < -0.39 is 4.92 Å². The number of pyridine rings is 1. The maximum Gasteiger partial charge on any atom is 0.194 e. The van der Waals surface area contributed by atoms with E-state index in [0.717, 1.165) is 7.05 Å². The third-order valence-corrected chi connectivity index (χ3v) is 2.40. The summed E-state index contributed by atoms with van der Waals surface area (Å²) in [6.07, 6.45) is 5.62. The van der Waals surface area contributed by atoms with Crippen LogP contribution in [0, 0.1) is 10.1 Å². The van der Waals surface area contributed by atoms with Gasteiger partial charge in [0.15, 0.2) is 7.05 Å². The van der Waals surface area contributed by atoms with Crippen LogP contribution in [0.2, 0.25) is 0 Å². The van der Waals surface area contributed by atoms with Gasteiger partial charge in [-0.2, -0.15) is 11.8 Å². The van der Waals surface area contributed by atoms with Gasteiger partial charge < -0.3 is 0 Å². The van der Waals surface area contributed by atoms with Gasteiger partial charge in [-0.1, -0.05) is 34.3 Å². The van der Waals surface area contributed by atoms with Gasteiger partial charge in [0.1, 0.15) is 0 Å². The van der Waals surface area contributed by atoms with Crippen molar-refractivity contribution in [2.24, 2.45) is 0 Å². The first-order valence-corrected chi connectivity index (χ1v) is 6.00. The normalized spacial score (nSPS) is 8.53. The monoisotopic (exact) mass is 260 g/mol. The molecule has 1 aromatic rings. The van der Waals surface area contributed by atoms with E-state index in [-0.39, 0.29) is 7.43 Å². The van der Waals surface area contributed by atoms with Crippen LogP contribution in [0.5, 0.6) is 0 Å². The molecule has 0 unspecified atom stereocenters. The number of aromatic nitrogens is 1. The summed E-state index contributed by atoms with van der Waals surface area (Å²) in [7, 11) is 0.889. The fraction of sp³-hybridized carbons (Fsp3) is 0.583. The van der Waals surface area contributed by atoms with E-state index in [0.29, 0.717) is 4.75 Å². The maximum absolute atomic E-state index is 8.81. The van der Waals surface area contributed by atoms with E-state index >= 15 is 0 Å². The van der Waals surface area contributed by atoms with E-state index in [1.807, 2.05) is 30.0 Å². The van der Waals surface area contributed by atoms with Crippen molar-refractivity contribution in [1.29, 1.82) is 0 Å². The zero-order valence-corrected chi connectivity index (χ0v) is 11.3. The summed E-state index contributed by atoms with van der Waals surface area (Å²) >= 11 is 1.88. The lowest BCUT2D eigenvalue weighted by Gasteiger charge is -2.12. The molecule has 1 rings (SSSR count). The Bertz CT molecular complexity index is 230. The fourth-order valence-electron chi connectivity index (χ4n) is 0.313. The summed E-state index contributed by atoms with van der Waals surface area (Å²) in [5.74, 6) is 0. The van der Waals surface area contributed by atoms with E-state index in [4.69, 9.17) is 10.1 Å². The van der Waals surface area contributed by atoms with Crippen molar-refractivity contribution < 1.29 is 4.92 Å². The van der Waals surface area contributed by atoms with Gasteiger partial charge >= 0.3 is 0 Å². The molecule has 4 nitrogen and oxygen atoms in total. The molecule has 0 atom stereocenters. The number of nitrogens with zero attached hydrogens (tertiary/aromatic N) is 2. The SMILES string of the molecule is C.CSC(C)(C)C.C[N+](=O)[O-].c1ccncc1. The van der Waals surface area contributed by atoms with Crippen LogP contribution in [-0.2, 0) is 0 Å². The zero-order valence-electron chi connectivity index (χ0n) is 10.5. The summed E-state index contributed by atoms with van der Waals surface area (Å²) < 4.78 is 0.458. The summed E-state index contributed by atoms with van der Waals surface area (Å²) in [4.78, 5) is 12.1. The van der Waals surface area contributed by atoms with E-state index in [9.17, 15) is 0 Å². The second-order valence-electron chi connectivity index (χ2n) is 3.78. The molecule has 0 aliphatic heterocycles. The van der Waals surface area contributed by atoms with Crippen molar-refractivity contribution in [1.82, 2.24) is 4.98 Å². The highest BCUT2D eigenvalue weighted by molar-refractivity contribution is 7.99. The van der Waals surface area contributed by atoms with Gasteiger partial charge in [-0.3, -0.25) is 15.1 Å². The minimum Gasteiger partial charge on any atom is -0.265 e. The van der Waals surface area contributed by atoms with Gasteiger partial charge in [0.2, 0.25) is 0 Å². The summed E-state index contributed by atoms with van der Waals surface area (Å²) in [5.41, 5.74) is 0. The van der Waals surface area contributed by atoms with E-state index in [1.54, 1.807) is 12.4 Å². The van der Waals surface area contributed by atoms with E-state index in [1.165, 1.54) is 0 Å². The number of nitro groups is 1. The van der Waals surface area contributed by atoms with Crippen LogP contribution in [0.15, 0.2) is 30.6 Å². The van der Waals surface area contributed by atoms with Crippen LogP contribution < -0.4 is 0 Å². The van der Waals surface area contributed by atoms with Crippen LogP contribution in [0.3, 0.4) is 0 Å². The Labute approximate surface area is 109 Å². The Morgan fingerprint density at radius 3 is 1.53 bits per heavy atom. The van der Waals surface area contributed by atoms with Crippen molar-refractivity contribution in [3.05, 3.63) is 40.7 Å². The number of hydrogen-bond donors (Lipinski definition) is 0. The molecule has 0 aliphatic carbocycles. The number of hydrogen-bond acceptors (Lipinski definition) is 4. The molecule has 5 heteroatoms. The van der Waals surface area contributed by atoms with Crippen LogP contribution in [0.25, 0.3) is 0 Å². The van der Waals surface area contributed by atoms with Crippen LogP contribution >= 0.6 is 11.8 Å². The molecule has 0 N–H and O–H groups in total. The molecule has 0 bridgehead atoms. The minimum atomic E-state index is -0.500. The van der Waals surface area contributed by atoms with Crippen LogP contribution in [0.4, 0.5) is 0 Å². The average Bonchev–Trinajstić information content (AvgIpc) is 2.19. The second kappa shape index (κ2) is 13.0. The second-order valence-corrected chi connectivity index (χ2v) is 5.41. The predicted octanol–water partition coefficient (Wildman–Crippen LogP) is 3.76. The quantitative estimate of drug-likeness (QED) is 0.526. The molecule has 17 heavy (non-hydrogen) atoms. The first kappa shape index (κ1) is 21.2. The molecule has 0 radical (unpaired) electrons. The van der Waals surface area contributed by atoms with Gasteiger partial charge in [-0.25, -0.2) is 0 Å². The summed E-state index contributed by atoms with van der Waals surface area (Å²) in [5, 5.41) is 8.81. The first-order chi connectivity index (χ1) is 7.29. The minimum absolute atomic E-state index is 0. The van der Waals surface area contributed by atoms with Crippen LogP contribution in [-0.4, -0.2) is 28.0 Å². The standard InChI is InChI=1S/C5H5N.C5H12S.CH3NO2.CH4/c1-2-4-6-5-3-1;1-5(2,3)6-4;1-2(3)4;/h1-5H;1-4H3;1H3;1H4. The lowest BCUT2D eigenvalue weighted by Crippen LogP contribution is -2.04. The smallest absolute Gasteiger partial charge is 0.194 e. The summed E-state index contributed by atoms with van der Waals surface area (Å²) in [6.45, 7) is 6.62. The molecule has 100 valence electrons. The number of thioether (sulfide) groups is 1. The van der Waals surface area contributed by atoms with Crippen molar-refractivity contribution in [3.8, 4) is 0 Å². The van der Waals surface area contributed by atoms with Crippen molar-refractivity contribution in [3.63, 3.8) is 0 Å². The third-order valence-electron chi connectivity index (χ3n) is 1.18. The Hall–Kier alpha value is -1.10. The van der Waals surface area contributed by atoms with Gasteiger partial charge in [0.05, 0.1) is 0 Å². The van der Waals surface area contributed by atoms with Gasteiger partial charge in [-0.05, 0) is 18.4 Å². The van der Waals surface area contributed by atoms with Gasteiger partial charge in [0.25, 0.3) is 0 Å². The maximum atomic E-state index is 8.81.